The second kappa shape index (κ2) is 13.9. The second-order valence-electron chi connectivity index (χ2n) is 18.4. The Morgan fingerprint density at radius 1 is 0.452 bits per heavy atom. The third-order valence-electron chi connectivity index (χ3n) is 14.1. The van der Waals surface area contributed by atoms with Gasteiger partial charge < -0.3 is 4.90 Å². The van der Waals surface area contributed by atoms with Crippen LogP contribution < -0.4 is 4.90 Å². The van der Waals surface area contributed by atoms with E-state index in [1.54, 1.807) is 0 Å². The molecule has 8 aromatic carbocycles. The fourth-order valence-corrected chi connectivity index (χ4v) is 12.0. The minimum atomic E-state index is -0.209. The van der Waals surface area contributed by atoms with Gasteiger partial charge in [-0.3, -0.25) is 0 Å². The minimum absolute atomic E-state index is 0.116. The highest BCUT2D eigenvalue weighted by atomic mass is 32.1. The molecular weight excluding hydrogens is 767 g/mol. The molecule has 3 aliphatic carbocycles. The van der Waals surface area contributed by atoms with Gasteiger partial charge in [-0.15, -0.1) is 11.3 Å². The Balaban J connectivity index is 0.985. The molecule has 0 aliphatic heterocycles. The van der Waals surface area contributed by atoms with Gasteiger partial charge in [0.2, 0.25) is 0 Å². The van der Waals surface area contributed by atoms with Gasteiger partial charge in [0, 0.05) is 37.7 Å². The molecule has 0 atom stereocenters. The molecule has 0 amide bonds. The van der Waals surface area contributed by atoms with E-state index in [2.05, 4.69) is 221 Å². The Kier molecular flexibility index (Phi) is 8.30. The summed E-state index contributed by atoms with van der Waals surface area (Å²) in [4.78, 5) is 2.50. The number of hydrogen-bond acceptors (Lipinski definition) is 2. The fraction of sp³-hybridized carbons (Fsp3) is 0.133. The largest absolute Gasteiger partial charge is 0.309 e. The Hall–Kier alpha value is -6.74. The number of thiophene rings is 1. The van der Waals surface area contributed by atoms with Crippen molar-refractivity contribution in [3.8, 4) is 44.5 Å². The van der Waals surface area contributed by atoms with Crippen LogP contribution in [0.3, 0.4) is 0 Å². The molecule has 0 bridgehead atoms. The van der Waals surface area contributed by atoms with Crippen molar-refractivity contribution in [3.63, 3.8) is 0 Å². The molecule has 1 heterocycles. The van der Waals surface area contributed by atoms with Crippen molar-refractivity contribution in [1.82, 2.24) is 0 Å². The molecule has 0 radical (unpaired) electrons. The smallest absolute Gasteiger partial charge is 0.0640 e. The number of fused-ring (bicyclic) bond motifs is 9. The van der Waals surface area contributed by atoms with E-state index < -0.39 is 0 Å². The summed E-state index contributed by atoms with van der Waals surface area (Å²) in [6.07, 6.45) is 9.12. The molecule has 0 spiro atoms. The molecule has 12 rings (SSSR count). The highest BCUT2D eigenvalue weighted by molar-refractivity contribution is 7.26. The lowest BCUT2D eigenvalue weighted by Gasteiger charge is -2.28. The number of hydrogen-bond donors (Lipinski definition) is 0. The van der Waals surface area contributed by atoms with Gasteiger partial charge in [0.1, 0.15) is 0 Å². The maximum atomic E-state index is 2.55. The van der Waals surface area contributed by atoms with Crippen molar-refractivity contribution < 1.29 is 0 Å². The molecule has 2 heteroatoms. The van der Waals surface area contributed by atoms with Crippen molar-refractivity contribution in [2.24, 2.45) is 0 Å². The molecular formula is C60H47NS. The van der Waals surface area contributed by atoms with E-state index in [1.807, 2.05) is 11.3 Å². The van der Waals surface area contributed by atoms with E-state index in [0.717, 1.165) is 18.5 Å². The van der Waals surface area contributed by atoms with Crippen molar-refractivity contribution in [3.05, 3.63) is 216 Å². The van der Waals surface area contributed by atoms with Gasteiger partial charge in [-0.1, -0.05) is 167 Å². The summed E-state index contributed by atoms with van der Waals surface area (Å²) in [6, 6.07) is 64.1. The van der Waals surface area contributed by atoms with Gasteiger partial charge in [0.05, 0.1) is 10.4 Å². The predicted molar refractivity (Wildman–Crippen MR) is 266 cm³/mol. The Labute approximate surface area is 369 Å². The Morgan fingerprint density at radius 3 is 1.89 bits per heavy atom. The molecule has 0 saturated heterocycles. The molecule has 298 valence electrons. The highest BCUT2D eigenvalue weighted by Gasteiger charge is 2.42. The summed E-state index contributed by atoms with van der Waals surface area (Å²) in [6.45, 7) is 9.66. The van der Waals surface area contributed by atoms with Crippen LogP contribution in [0, 0.1) is 0 Å². The molecule has 3 aliphatic rings. The highest BCUT2D eigenvalue weighted by Crippen LogP contribution is 2.58. The molecule has 1 nitrogen and oxygen atoms in total. The first-order valence-corrected chi connectivity index (χ1v) is 22.9. The molecule has 0 unspecified atom stereocenters. The van der Waals surface area contributed by atoms with E-state index in [9.17, 15) is 0 Å². The summed E-state index contributed by atoms with van der Waals surface area (Å²) in [5.74, 6) is 0. The van der Waals surface area contributed by atoms with Crippen LogP contribution in [0.5, 0.6) is 0 Å². The Bertz CT molecular complexity index is 3320. The van der Waals surface area contributed by atoms with Crippen LogP contribution in [-0.4, -0.2) is 0 Å². The number of nitrogens with zero attached hydrogens (tertiary/aromatic N) is 1. The maximum absolute atomic E-state index is 2.55. The van der Waals surface area contributed by atoms with Crippen LogP contribution in [-0.2, 0) is 10.8 Å². The molecule has 62 heavy (non-hydrogen) atoms. The van der Waals surface area contributed by atoms with Crippen LogP contribution >= 0.6 is 11.3 Å². The van der Waals surface area contributed by atoms with Gasteiger partial charge >= 0.3 is 0 Å². The zero-order valence-electron chi connectivity index (χ0n) is 35.7. The zero-order chi connectivity index (χ0) is 41.7. The third-order valence-corrected chi connectivity index (χ3v) is 15.3. The normalized spacial score (nSPS) is 15.3. The summed E-state index contributed by atoms with van der Waals surface area (Å²) >= 11 is 1.89. The maximum Gasteiger partial charge on any atom is 0.0640 e. The lowest BCUT2D eigenvalue weighted by atomic mass is 9.79. The monoisotopic (exact) mass is 813 g/mol. The SMILES string of the molecule is CC1(C)c2cc(N(c3ccc(-c4ccc(C5=CCCC=C5)cc4)cc3)c3cccc4c3sc3ccccc34)ccc2-c2cc3c(cc21)-c1c(-c2ccccc2)cccc1C3(C)C. The first kappa shape index (κ1) is 37.1. The molecule has 0 fully saturated rings. The minimum Gasteiger partial charge on any atom is -0.309 e. The van der Waals surface area contributed by atoms with Gasteiger partial charge in [0.25, 0.3) is 0 Å². The third kappa shape index (κ3) is 5.59. The molecule has 0 saturated carbocycles. The predicted octanol–water partition coefficient (Wildman–Crippen LogP) is 17.2. The van der Waals surface area contributed by atoms with E-state index in [0.29, 0.717) is 0 Å². The number of benzene rings is 8. The first-order valence-electron chi connectivity index (χ1n) is 22.1. The van der Waals surface area contributed by atoms with Crippen LogP contribution in [0.2, 0.25) is 0 Å². The quantitative estimate of drug-likeness (QED) is 0.162. The topological polar surface area (TPSA) is 3.24 Å². The lowest BCUT2D eigenvalue weighted by Crippen LogP contribution is -2.17. The number of rotatable bonds is 6. The van der Waals surface area contributed by atoms with Crippen molar-refractivity contribution in [1.29, 1.82) is 0 Å². The number of anilines is 3. The van der Waals surface area contributed by atoms with E-state index in [4.69, 9.17) is 0 Å². The summed E-state index contributed by atoms with van der Waals surface area (Å²) < 4.78 is 2.61. The molecule has 1 aromatic heterocycles. The Morgan fingerprint density at radius 2 is 1.10 bits per heavy atom. The molecule has 9 aromatic rings. The van der Waals surface area contributed by atoms with Gasteiger partial charge in [0.15, 0.2) is 0 Å². The van der Waals surface area contributed by atoms with Crippen molar-refractivity contribution >= 4 is 54.1 Å². The van der Waals surface area contributed by atoms with Crippen LogP contribution in [0.25, 0.3) is 70.3 Å². The summed E-state index contributed by atoms with van der Waals surface area (Å²) in [5, 5.41) is 2.61. The van der Waals surface area contributed by atoms with E-state index >= 15 is 0 Å². The first-order chi connectivity index (χ1) is 30.3. The van der Waals surface area contributed by atoms with Crippen LogP contribution in [0.4, 0.5) is 17.1 Å². The second-order valence-corrected chi connectivity index (χ2v) is 19.4. The van der Waals surface area contributed by atoms with Gasteiger partial charge in [-0.25, -0.2) is 0 Å². The average Bonchev–Trinajstić information content (AvgIpc) is 3.89. The van der Waals surface area contributed by atoms with E-state index in [-0.39, 0.29) is 10.8 Å². The lowest BCUT2D eigenvalue weighted by molar-refractivity contribution is 0.652. The van der Waals surface area contributed by atoms with E-state index in [1.165, 1.54) is 109 Å². The van der Waals surface area contributed by atoms with Crippen LogP contribution in [0.15, 0.2) is 188 Å². The van der Waals surface area contributed by atoms with Gasteiger partial charge in [-0.05, 0) is 139 Å². The summed E-state index contributed by atoms with van der Waals surface area (Å²) in [5.41, 5.74) is 21.9. The zero-order valence-corrected chi connectivity index (χ0v) is 36.5. The fourth-order valence-electron chi connectivity index (χ4n) is 10.8. The van der Waals surface area contributed by atoms with Crippen molar-refractivity contribution in [2.45, 2.75) is 51.4 Å². The number of allylic oxidation sites excluding steroid dienone is 4. The average molecular weight is 814 g/mol. The summed E-state index contributed by atoms with van der Waals surface area (Å²) in [7, 11) is 0. The van der Waals surface area contributed by atoms with Crippen LogP contribution in [0.1, 0.15) is 68.4 Å². The standard InChI is InChI=1S/C60H47NS/c1-59(2)51-22-13-20-45(42-17-9-6-10-18-42)57(51)50-37-53-49(36-54(50)59)46-34-33-44(35-52(46)60(53,3)4)61(55-23-14-21-48-47-19-11-12-24-56(47)62-58(48)55)43-31-29-41(30-32-43)40-27-25-39(26-28-40)38-15-7-5-8-16-38/h6-7,9-37H,5,8H2,1-4H3. The van der Waals surface area contributed by atoms with Gasteiger partial charge in [-0.2, -0.15) is 0 Å². The van der Waals surface area contributed by atoms with Crippen molar-refractivity contribution in [2.75, 3.05) is 4.90 Å². The molecule has 0 N–H and O–H groups in total.